The van der Waals surface area contributed by atoms with Crippen LogP contribution in [0.4, 0.5) is 0 Å². The number of benzene rings is 4. The molecule has 0 radical (unpaired) electrons. The molecule has 0 heterocycles. The maximum Gasteiger partial charge on any atom is 0.336 e. The lowest BCUT2D eigenvalue weighted by atomic mass is 9.90. The van der Waals surface area contributed by atoms with Crippen molar-refractivity contribution in [3.05, 3.63) is 151 Å². The largest absolute Gasteiger partial charge is 0.478 e. The minimum absolute atomic E-state index is 0.108. The van der Waals surface area contributed by atoms with Crippen LogP contribution in [-0.4, -0.2) is 45.3 Å². The minimum atomic E-state index is -1.07. The van der Waals surface area contributed by atoms with Crippen molar-refractivity contribution in [3.63, 3.8) is 0 Å². The number of rotatable bonds is 6. The van der Waals surface area contributed by atoms with Crippen molar-refractivity contribution in [1.29, 1.82) is 0 Å². The summed E-state index contributed by atoms with van der Waals surface area (Å²) in [7, 11) is 0. The fourth-order valence-corrected chi connectivity index (χ4v) is 7.04. The molecule has 0 spiro atoms. The minimum Gasteiger partial charge on any atom is -0.478 e. The number of hydrogen-bond acceptors (Lipinski definition) is 8. The van der Waals surface area contributed by atoms with Crippen LogP contribution in [0.3, 0.4) is 0 Å². The van der Waals surface area contributed by atoms with E-state index in [1.54, 1.807) is 98.8 Å². The number of fused-ring (bicyclic) bond motifs is 2. The number of thioether (sulfide) groups is 2. The molecular formula is C36H24O8S2. The summed E-state index contributed by atoms with van der Waals surface area (Å²) in [4.78, 5) is 74.3. The van der Waals surface area contributed by atoms with E-state index < -0.39 is 11.9 Å². The van der Waals surface area contributed by atoms with Gasteiger partial charge in [0, 0.05) is 43.2 Å². The summed E-state index contributed by atoms with van der Waals surface area (Å²) in [6.07, 6.45) is 0. The van der Waals surface area contributed by atoms with Gasteiger partial charge in [0.25, 0.3) is 0 Å². The summed E-state index contributed by atoms with van der Waals surface area (Å²) in [6.45, 7) is 3.20. The lowest BCUT2D eigenvalue weighted by Crippen LogP contribution is -2.19. The molecule has 2 aliphatic carbocycles. The zero-order chi connectivity index (χ0) is 33.1. The molecule has 46 heavy (non-hydrogen) atoms. The maximum absolute atomic E-state index is 12.7. The molecule has 2 N–H and O–H groups in total. The first-order valence-electron chi connectivity index (χ1n) is 13.8. The van der Waals surface area contributed by atoms with E-state index >= 15 is 0 Å². The van der Waals surface area contributed by atoms with Crippen LogP contribution in [0, 0.1) is 0 Å². The first-order valence-corrected chi connectivity index (χ1v) is 15.4. The molecule has 6 rings (SSSR count). The number of allylic oxidation sites excluding steroid dienone is 4. The predicted molar refractivity (Wildman–Crippen MR) is 174 cm³/mol. The van der Waals surface area contributed by atoms with Crippen molar-refractivity contribution in [2.75, 3.05) is 0 Å². The van der Waals surface area contributed by atoms with Gasteiger partial charge < -0.3 is 10.2 Å². The molecule has 0 fully saturated rings. The molecule has 0 saturated carbocycles. The molecule has 228 valence electrons. The van der Waals surface area contributed by atoms with Crippen LogP contribution in [0.1, 0.15) is 76.0 Å². The predicted octanol–water partition coefficient (Wildman–Crippen LogP) is 7.66. The van der Waals surface area contributed by atoms with E-state index in [2.05, 4.69) is 0 Å². The third-order valence-corrected chi connectivity index (χ3v) is 9.81. The Labute approximate surface area is 271 Å². The van der Waals surface area contributed by atoms with E-state index in [1.807, 2.05) is 0 Å². The van der Waals surface area contributed by atoms with Crippen molar-refractivity contribution in [2.45, 2.75) is 23.6 Å². The number of ketones is 4. The van der Waals surface area contributed by atoms with Crippen LogP contribution in [0.5, 0.6) is 0 Å². The molecule has 0 aromatic heterocycles. The van der Waals surface area contributed by atoms with Gasteiger partial charge in [-0.25, -0.2) is 9.59 Å². The Morgan fingerprint density at radius 1 is 0.457 bits per heavy atom. The average Bonchev–Trinajstić information content (AvgIpc) is 3.07. The van der Waals surface area contributed by atoms with Crippen LogP contribution < -0.4 is 0 Å². The Balaban J connectivity index is 0.000000181. The zero-order valence-corrected chi connectivity index (χ0v) is 26.0. The number of carbonyl (C=O) groups is 6. The molecule has 0 saturated heterocycles. The SMILES string of the molecule is CC1=C(Sc2ccccc2C(=O)O)C(=O)c2ccccc2C1=O.CC1=C(Sc2ccccc2C(=O)O)C(=O)c2ccccc2C1=O. The van der Waals surface area contributed by atoms with Crippen molar-refractivity contribution in [1.82, 2.24) is 0 Å². The van der Waals surface area contributed by atoms with Gasteiger partial charge in [-0.3, -0.25) is 19.2 Å². The number of carboxylic acid groups (broad SMARTS) is 2. The lowest BCUT2D eigenvalue weighted by Gasteiger charge is -2.18. The third kappa shape index (κ3) is 6.13. The Morgan fingerprint density at radius 2 is 0.739 bits per heavy atom. The van der Waals surface area contributed by atoms with E-state index in [0.717, 1.165) is 23.5 Å². The second-order valence-electron chi connectivity index (χ2n) is 10.1. The smallest absolute Gasteiger partial charge is 0.336 e. The fourth-order valence-electron chi connectivity index (χ4n) is 4.88. The average molecular weight is 649 g/mol. The summed E-state index contributed by atoms with van der Waals surface area (Å²) >= 11 is 2.06. The zero-order valence-electron chi connectivity index (χ0n) is 24.4. The number of carboxylic acids is 2. The molecule has 4 aromatic rings. The van der Waals surface area contributed by atoms with Gasteiger partial charge in [-0.05, 0) is 38.1 Å². The van der Waals surface area contributed by atoms with Gasteiger partial charge in [-0.15, -0.1) is 0 Å². The topological polar surface area (TPSA) is 143 Å². The molecule has 0 aliphatic heterocycles. The number of aromatic carboxylic acids is 2. The number of hydrogen-bond donors (Lipinski definition) is 2. The van der Waals surface area contributed by atoms with Crippen LogP contribution in [0.15, 0.2) is 128 Å². The van der Waals surface area contributed by atoms with Crippen molar-refractivity contribution in [3.8, 4) is 0 Å². The summed E-state index contributed by atoms with van der Waals surface area (Å²) in [5.41, 5.74) is 2.42. The highest BCUT2D eigenvalue weighted by Gasteiger charge is 2.32. The maximum atomic E-state index is 12.7. The van der Waals surface area contributed by atoms with Crippen molar-refractivity contribution >= 4 is 58.6 Å². The van der Waals surface area contributed by atoms with Gasteiger partial charge in [-0.1, -0.05) is 96.3 Å². The second kappa shape index (κ2) is 13.4. The van der Waals surface area contributed by atoms with Crippen LogP contribution in [-0.2, 0) is 0 Å². The van der Waals surface area contributed by atoms with Gasteiger partial charge in [-0.2, -0.15) is 0 Å². The van der Waals surface area contributed by atoms with E-state index in [-0.39, 0.29) is 44.1 Å². The van der Waals surface area contributed by atoms with Gasteiger partial charge in [0.15, 0.2) is 11.6 Å². The Kier molecular flexibility index (Phi) is 9.31. The molecule has 2 aliphatic rings. The van der Waals surface area contributed by atoms with Crippen LogP contribution >= 0.6 is 23.5 Å². The van der Waals surface area contributed by atoms with E-state index in [0.29, 0.717) is 43.2 Å². The van der Waals surface area contributed by atoms with E-state index in [4.69, 9.17) is 0 Å². The number of carbonyl (C=O) groups excluding carboxylic acids is 4. The molecule has 0 bridgehead atoms. The highest BCUT2D eigenvalue weighted by atomic mass is 32.2. The molecular weight excluding hydrogens is 625 g/mol. The van der Waals surface area contributed by atoms with Crippen LogP contribution in [0.2, 0.25) is 0 Å². The summed E-state index contributed by atoms with van der Waals surface area (Å²) in [6, 6.07) is 26.2. The van der Waals surface area contributed by atoms with Crippen molar-refractivity contribution in [2.24, 2.45) is 0 Å². The quantitative estimate of drug-likeness (QED) is 0.214. The highest BCUT2D eigenvalue weighted by molar-refractivity contribution is 8.04. The van der Waals surface area contributed by atoms with Crippen LogP contribution in [0.25, 0.3) is 0 Å². The summed E-state index contributed by atoms with van der Waals surface area (Å²) in [5.74, 6) is -3.03. The molecule has 10 heteroatoms. The first kappa shape index (κ1) is 32.1. The van der Waals surface area contributed by atoms with E-state index in [9.17, 15) is 39.0 Å². The second-order valence-corrected chi connectivity index (χ2v) is 12.2. The number of Topliss-reactive ketones (excluding diaryl/α,β-unsaturated/α-hetero) is 4. The summed E-state index contributed by atoms with van der Waals surface area (Å²) in [5, 5.41) is 18.5. The summed E-state index contributed by atoms with van der Waals surface area (Å²) < 4.78 is 0. The highest BCUT2D eigenvalue weighted by Crippen LogP contribution is 2.39. The van der Waals surface area contributed by atoms with Gasteiger partial charge >= 0.3 is 11.9 Å². The molecule has 0 atom stereocenters. The van der Waals surface area contributed by atoms with Crippen molar-refractivity contribution < 1.29 is 39.0 Å². The van der Waals surface area contributed by atoms with Gasteiger partial charge in [0.05, 0.1) is 20.9 Å². The first-order chi connectivity index (χ1) is 22.0. The monoisotopic (exact) mass is 648 g/mol. The Hall–Kier alpha value is -5.32. The molecule has 4 aromatic carbocycles. The van der Waals surface area contributed by atoms with Gasteiger partial charge in [0.1, 0.15) is 0 Å². The Morgan fingerprint density at radius 3 is 1.07 bits per heavy atom. The molecule has 8 nitrogen and oxygen atoms in total. The lowest BCUT2D eigenvalue weighted by molar-refractivity contribution is 0.0682. The van der Waals surface area contributed by atoms with E-state index in [1.165, 1.54) is 12.1 Å². The normalized spacial score (nSPS) is 14.0. The molecule has 0 unspecified atom stereocenters. The Bertz CT molecular complexity index is 1910. The molecule has 0 amide bonds. The fraction of sp³-hybridized carbons (Fsp3) is 0.0556. The van der Waals surface area contributed by atoms with Gasteiger partial charge in [0.2, 0.25) is 11.6 Å². The third-order valence-electron chi connectivity index (χ3n) is 7.27. The standard InChI is InChI=1S/2C18H12O4S/c2*1-10-15(19)11-6-2-3-7-12(11)16(20)17(10)23-14-9-5-4-8-13(14)18(21)22/h2*2-9H,1H3,(H,21,22).